The maximum absolute atomic E-state index is 12.4. The third-order valence-corrected chi connectivity index (χ3v) is 5.93. The first-order valence-corrected chi connectivity index (χ1v) is 8.90. The number of hydrogen-bond acceptors (Lipinski definition) is 4. The summed E-state index contributed by atoms with van der Waals surface area (Å²) in [5.74, 6) is 1.08. The number of morpholine rings is 1. The van der Waals surface area contributed by atoms with E-state index in [-0.39, 0.29) is 17.4 Å². The highest BCUT2D eigenvalue weighted by atomic mass is 16.5. The molecule has 126 valence electrons. The van der Waals surface area contributed by atoms with Crippen molar-refractivity contribution in [1.29, 1.82) is 0 Å². The minimum Gasteiger partial charge on any atom is -0.379 e. The van der Waals surface area contributed by atoms with E-state index in [0.717, 1.165) is 58.8 Å². The van der Waals surface area contributed by atoms with Crippen molar-refractivity contribution in [2.75, 3.05) is 53.0 Å². The van der Waals surface area contributed by atoms with Crippen molar-refractivity contribution >= 4 is 5.91 Å². The van der Waals surface area contributed by atoms with Crippen molar-refractivity contribution < 1.29 is 9.53 Å². The molecule has 2 heterocycles. The molecule has 0 radical (unpaired) electrons. The maximum Gasteiger partial charge on any atom is 0.223 e. The number of carbonyl (C=O) groups excluding carboxylic acids is 1. The number of nitrogens with one attached hydrogen (secondary N) is 1. The zero-order valence-electron chi connectivity index (χ0n) is 14.1. The predicted molar refractivity (Wildman–Crippen MR) is 86.8 cm³/mol. The van der Waals surface area contributed by atoms with E-state index in [4.69, 9.17) is 4.74 Å². The highest BCUT2D eigenvalue weighted by molar-refractivity contribution is 5.79. The number of hydrogen-bond donors (Lipinski definition) is 1. The molecular formula is C17H31N3O2. The zero-order valence-corrected chi connectivity index (χ0v) is 14.1. The van der Waals surface area contributed by atoms with Crippen LogP contribution in [-0.4, -0.2) is 74.2 Å². The van der Waals surface area contributed by atoms with Gasteiger partial charge in [-0.1, -0.05) is 6.92 Å². The molecule has 0 aromatic carbocycles. The van der Waals surface area contributed by atoms with Crippen molar-refractivity contribution in [2.45, 2.75) is 38.1 Å². The molecule has 1 atom stereocenters. The smallest absolute Gasteiger partial charge is 0.223 e. The molecule has 1 aliphatic carbocycles. The van der Waals surface area contributed by atoms with Gasteiger partial charge >= 0.3 is 0 Å². The van der Waals surface area contributed by atoms with Gasteiger partial charge in [0.05, 0.1) is 13.2 Å². The first-order valence-electron chi connectivity index (χ1n) is 8.90. The largest absolute Gasteiger partial charge is 0.379 e. The topological polar surface area (TPSA) is 44.8 Å². The van der Waals surface area contributed by atoms with Gasteiger partial charge in [0.15, 0.2) is 0 Å². The molecule has 3 aliphatic rings. The van der Waals surface area contributed by atoms with Crippen LogP contribution in [-0.2, 0) is 9.53 Å². The third kappa shape index (κ3) is 3.63. The summed E-state index contributed by atoms with van der Waals surface area (Å²) < 4.78 is 5.52. The molecule has 1 amide bonds. The van der Waals surface area contributed by atoms with E-state index in [1.807, 2.05) is 0 Å². The lowest BCUT2D eigenvalue weighted by molar-refractivity contribution is -0.126. The lowest BCUT2D eigenvalue weighted by Gasteiger charge is -2.49. The van der Waals surface area contributed by atoms with Gasteiger partial charge in [0, 0.05) is 31.1 Å². The molecule has 22 heavy (non-hydrogen) atoms. The van der Waals surface area contributed by atoms with Crippen LogP contribution in [0.3, 0.4) is 0 Å². The Morgan fingerprint density at radius 3 is 2.45 bits per heavy atom. The summed E-state index contributed by atoms with van der Waals surface area (Å²) >= 11 is 0. The molecule has 1 unspecified atom stereocenters. The third-order valence-electron chi connectivity index (χ3n) is 5.93. The Morgan fingerprint density at radius 1 is 1.23 bits per heavy atom. The number of piperidine rings is 1. The highest BCUT2D eigenvalue weighted by Crippen LogP contribution is 2.37. The summed E-state index contributed by atoms with van der Waals surface area (Å²) in [4.78, 5) is 17.4. The molecular weight excluding hydrogens is 278 g/mol. The van der Waals surface area contributed by atoms with Gasteiger partial charge in [-0.15, -0.1) is 0 Å². The zero-order chi connectivity index (χ0) is 15.6. The van der Waals surface area contributed by atoms with Crippen LogP contribution in [0.15, 0.2) is 0 Å². The predicted octanol–water partition coefficient (Wildman–Crippen LogP) is 0.945. The van der Waals surface area contributed by atoms with E-state index < -0.39 is 0 Å². The van der Waals surface area contributed by atoms with Crippen LogP contribution >= 0.6 is 0 Å². The number of amides is 1. The summed E-state index contributed by atoms with van der Waals surface area (Å²) in [6, 6.07) is 0. The van der Waals surface area contributed by atoms with Gasteiger partial charge < -0.3 is 15.0 Å². The molecule has 0 aromatic heterocycles. The molecule has 5 heteroatoms. The fraction of sp³-hybridized carbons (Fsp3) is 0.941. The van der Waals surface area contributed by atoms with E-state index in [9.17, 15) is 4.79 Å². The van der Waals surface area contributed by atoms with Crippen LogP contribution in [0.5, 0.6) is 0 Å². The Bertz CT molecular complexity index is 383. The number of nitrogens with zero attached hydrogens (tertiary/aromatic N) is 2. The van der Waals surface area contributed by atoms with Crippen molar-refractivity contribution in [1.82, 2.24) is 15.1 Å². The monoisotopic (exact) mass is 309 g/mol. The summed E-state index contributed by atoms with van der Waals surface area (Å²) in [7, 11) is 2.19. The summed E-state index contributed by atoms with van der Waals surface area (Å²) in [6.45, 7) is 8.76. The first-order chi connectivity index (χ1) is 10.6. The second-order valence-electron chi connectivity index (χ2n) is 7.47. The lowest BCUT2D eigenvalue weighted by Crippen LogP contribution is -2.62. The molecule has 5 nitrogen and oxygen atoms in total. The fourth-order valence-corrected chi connectivity index (χ4v) is 3.90. The molecule has 0 spiro atoms. The van der Waals surface area contributed by atoms with E-state index in [1.54, 1.807) is 0 Å². The minimum atomic E-state index is 0.134. The molecule has 3 fully saturated rings. The Labute approximate surface area is 134 Å². The van der Waals surface area contributed by atoms with E-state index in [0.29, 0.717) is 5.92 Å². The van der Waals surface area contributed by atoms with Crippen LogP contribution < -0.4 is 5.32 Å². The SMILES string of the molecule is CC(C(=O)NCC1(N2CCOCC2)CCN(C)CC1)C1CC1. The summed E-state index contributed by atoms with van der Waals surface area (Å²) in [5.41, 5.74) is 0.134. The standard InChI is InChI=1S/C17H31N3O2/c1-14(15-3-4-15)16(21)18-13-17(5-7-19(2)8-6-17)20-9-11-22-12-10-20/h14-15H,3-13H2,1-2H3,(H,18,21). The molecule has 1 saturated carbocycles. The molecule has 2 saturated heterocycles. The van der Waals surface area contributed by atoms with Gasteiger partial charge in [-0.3, -0.25) is 9.69 Å². The van der Waals surface area contributed by atoms with Gasteiger partial charge in [-0.05, 0) is 51.7 Å². The lowest BCUT2D eigenvalue weighted by atomic mass is 9.85. The number of likely N-dealkylation sites (tertiary alicyclic amines) is 1. The summed E-state index contributed by atoms with van der Waals surface area (Å²) in [6.07, 6.45) is 4.74. The average molecular weight is 309 g/mol. The number of ether oxygens (including phenoxy) is 1. The number of rotatable bonds is 5. The van der Waals surface area contributed by atoms with E-state index >= 15 is 0 Å². The molecule has 0 aromatic rings. The maximum atomic E-state index is 12.4. The normalized spacial score (nSPS) is 28.3. The van der Waals surface area contributed by atoms with Crippen LogP contribution in [0.2, 0.25) is 0 Å². The molecule has 3 rings (SSSR count). The molecule has 0 bridgehead atoms. The highest BCUT2D eigenvalue weighted by Gasteiger charge is 2.41. The Hall–Kier alpha value is -0.650. The van der Waals surface area contributed by atoms with Gasteiger partial charge in [0.25, 0.3) is 0 Å². The van der Waals surface area contributed by atoms with Crippen LogP contribution in [0.4, 0.5) is 0 Å². The first kappa shape index (κ1) is 16.2. The van der Waals surface area contributed by atoms with Crippen molar-refractivity contribution in [3.63, 3.8) is 0 Å². The Morgan fingerprint density at radius 2 is 1.86 bits per heavy atom. The van der Waals surface area contributed by atoms with E-state index in [2.05, 4.69) is 29.1 Å². The van der Waals surface area contributed by atoms with Crippen LogP contribution in [0, 0.1) is 11.8 Å². The fourth-order valence-electron chi connectivity index (χ4n) is 3.90. The van der Waals surface area contributed by atoms with Gasteiger partial charge in [0.2, 0.25) is 5.91 Å². The second-order valence-corrected chi connectivity index (χ2v) is 7.47. The van der Waals surface area contributed by atoms with Gasteiger partial charge in [-0.2, -0.15) is 0 Å². The molecule has 2 aliphatic heterocycles. The number of carbonyl (C=O) groups is 1. The Balaban J connectivity index is 1.61. The Kier molecular flexibility index (Phi) is 5.05. The van der Waals surface area contributed by atoms with E-state index in [1.165, 1.54) is 12.8 Å². The van der Waals surface area contributed by atoms with Gasteiger partial charge in [-0.25, -0.2) is 0 Å². The van der Waals surface area contributed by atoms with Crippen LogP contribution in [0.1, 0.15) is 32.6 Å². The van der Waals surface area contributed by atoms with Crippen LogP contribution in [0.25, 0.3) is 0 Å². The van der Waals surface area contributed by atoms with Crippen molar-refractivity contribution in [3.8, 4) is 0 Å². The van der Waals surface area contributed by atoms with Gasteiger partial charge in [0.1, 0.15) is 0 Å². The van der Waals surface area contributed by atoms with Crippen molar-refractivity contribution in [3.05, 3.63) is 0 Å². The second kappa shape index (κ2) is 6.85. The summed E-state index contributed by atoms with van der Waals surface area (Å²) in [5, 5.41) is 3.29. The van der Waals surface area contributed by atoms with Crippen molar-refractivity contribution in [2.24, 2.45) is 11.8 Å². The quantitative estimate of drug-likeness (QED) is 0.821. The minimum absolute atomic E-state index is 0.134. The average Bonchev–Trinajstić information content (AvgIpc) is 3.39. The molecule has 1 N–H and O–H groups in total.